The number of halogens is 1. The molecule has 2 aromatic heterocycles. The molecule has 2 aromatic carbocycles. The van der Waals surface area contributed by atoms with Crippen LogP contribution in [0.1, 0.15) is 11.3 Å². The Bertz CT molecular complexity index is 1260. The molecule has 0 unspecified atom stereocenters. The maximum atomic E-state index is 11.6. The summed E-state index contributed by atoms with van der Waals surface area (Å²) in [6, 6.07) is 15.4. The van der Waals surface area contributed by atoms with Gasteiger partial charge in [-0.05, 0) is 29.8 Å². The topological polar surface area (TPSA) is 113 Å². The minimum atomic E-state index is -0.506. The van der Waals surface area contributed by atoms with Crippen LogP contribution >= 0.6 is 23.4 Å². The predicted octanol–water partition coefficient (Wildman–Crippen LogP) is 4.00. The molecule has 0 spiro atoms. The van der Waals surface area contributed by atoms with Gasteiger partial charge >= 0.3 is 0 Å². The second-order valence-corrected chi connectivity index (χ2v) is 7.92. The van der Waals surface area contributed by atoms with Gasteiger partial charge in [0.05, 0.1) is 12.3 Å². The Balaban J connectivity index is 1.61. The van der Waals surface area contributed by atoms with E-state index in [9.17, 15) is 15.0 Å². The van der Waals surface area contributed by atoms with E-state index in [1.807, 2.05) is 24.3 Å². The third kappa shape index (κ3) is 5.01. The van der Waals surface area contributed by atoms with E-state index in [0.29, 0.717) is 34.1 Å². The lowest BCUT2D eigenvalue weighted by Gasteiger charge is -2.13. The molecule has 0 aliphatic heterocycles. The average molecular weight is 457 g/mol. The molecule has 2 heterocycles. The highest BCUT2D eigenvalue weighted by atomic mass is 35.5. The molecule has 0 atom stereocenters. The molecule has 4 aromatic rings. The largest absolute Gasteiger partial charge is 0.508 e. The van der Waals surface area contributed by atoms with Crippen LogP contribution in [0.3, 0.4) is 0 Å². The van der Waals surface area contributed by atoms with E-state index in [0.717, 1.165) is 17.4 Å². The van der Waals surface area contributed by atoms with E-state index >= 15 is 0 Å². The van der Waals surface area contributed by atoms with Crippen molar-refractivity contribution >= 4 is 23.4 Å². The highest BCUT2D eigenvalue weighted by Gasteiger charge is 2.16. The van der Waals surface area contributed by atoms with Crippen molar-refractivity contribution in [3.63, 3.8) is 0 Å². The minimum absolute atomic E-state index is 0.194. The fraction of sp³-hybridized carbons (Fsp3) is 0.0952. The summed E-state index contributed by atoms with van der Waals surface area (Å²) in [4.78, 5) is 11.6. The molecule has 0 aliphatic carbocycles. The summed E-state index contributed by atoms with van der Waals surface area (Å²) in [7, 11) is 0. The maximum Gasteiger partial charge on any atom is 0.226 e. The van der Waals surface area contributed by atoms with Gasteiger partial charge in [0, 0.05) is 16.7 Å². The van der Waals surface area contributed by atoms with Gasteiger partial charge in [-0.2, -0.15) is 0 Å². The molecule has 0 saturated heterocycles. The van der Waals surface area contributed by atoms with Gasteiger partial charge in [-0.25, -0.2) is 4.68 Å². The fourth-order valence-corrected chi connectivity index (χ4v) is 3.75. The first-order valence-corrected chi connectivity index (χ1v) is 10.5. The van der Waals surface area contributed by atoms with E-state index in [-0.39, 0.29) is 5.75 Å². The van der Waals surface area contributed by atoms with E-state index in [1.165, 1.54) is 17.8 Å². The van der Waals surface area contributed by atoms with Gasteiger partial charge in [-0.1, -0.05) is 47.6 Å². The smallest absolute Gasteiger partial charge is 0.226 e. The van der Waals surface area contributed by atoms with Crippen LogP contribution in [0, 0.1) is 0 Å². The Hall–Kier alpha value is -3.43. The first-order valence-electron chi connectivity index (χ1n) is 9.16. The number of hydrogen-bond donors (Lipinski definition) is 3. The van der Waals surface area contributed by atoms with E-state index in [2.05, 4.69) is 15.6 Å². The van der Waals surface area contributed by atoms with Gasteiger partial charge in [-0.15, -0.1) is 10.2 Å². The van der Waals surface area contributed by atoms with Gasteiger partial charge in [0.1, 0.15) is 17.8 Å². The highest BCUT2D eigenvalue weighted by Crippen LogP contribution is 2.27. The Morgan fingerprint density at radius 2 is 1.90 bits per heavy atom. The Morgan fingerprint density at radius 3 is 2.65 bits per heavy atom. The van der Waals surface area contributed by atoms with E-state index in [1.54, 1.807) is 28.9 Å². The van der Waals surface area contributed by atoms with Crippen molar-refractivity contribution in [3.8, 4) is 22.9 Å². The highest BCUT2D eigenvalue weighted by molar-refractivity contribution is 7.98. The van der Waals surface area contributed by atoms with Crippen molar-refractivity contribution in [1.82, 2.24) is 14.9 Å². The number of phenols is 1. The molecule has 0 bridgehead atoms. The lowest BCUT2D eigenvalue weighted by Crippen LogP contribution is -2.17. The standard InChI is InChI=1S/C21H17ClN4O4S/c22-15-3-1-2-14(8-15)20-24-25-21(31-12-17-9-18(28)19(29)11-30-17)26(20)23-10-13-4-6-16(27)7-5-13/h1-9,11,23,27,29H,10,12H2. The fourth-order valence-electron chi connectivity index (χ4n) is 2.76. The molecule has 31 heavy (non-hydrogen) atoms. The van der Waals surface area contributed by atoms with Crippen LogP contribution in [0.2, 0.25) is 5.02 Å². The van der Waals surface area contributed by atoms with Crippen LogP contribution in [-0.4, -0.2) is 25.1 Å². The summed E-state index contributed by atoms with van der Waals surface area (Å²) >= 11 is 7.45. The van der Waals surface area contributed by atoms with Crippen LogP contribution in [0.25, 0.3) is 11.4 Å². The number of benzene rings is 2. The Kier molecular flexibility index (Phi) is 6.15. The van der Waals surface area contributed by atoms with Crippen LogP contribution < -0.4 is 10.9 Å². The van der Waals surface area contributed by atoms with Crippen LogP contribution in [-0.2, 0) is 12.3 Å². The summed E-state index contributed by atoms with van der Waals surface area (Å²) < 4.78 is 7.00. The number of aromatic hydroxyl groups is 2. The summed E-state index contributed by atoms with van der Waals surface area (Å²) in [5.41, 5.74) is 4.51. The number of nitrogens with zero attached hydrogens (tertiary/aromatic N) is 3. The van der Waals surface area contributed by atoms with Crippen molar-refractivity contribution in [2.75, 3.05) is 5.43 Å². The molecule has 0 amide bonds. The van der Waals surface area contributed by atoms with Crippen LogP contribution in [0.4, 0.5) is 0 Å². The lowest BCUT2D eigenvalue weighted by molar-refractivity contribution is 0.419. The average Bonchev–Trinajstić information content (AvgIpc) is 3.17. The molecular weight excluding hydrogens is 440 g/mol. The van der Waals surface area contributed by atoms with Crippen molar-refractivity contribution < 1.29 is 14.6 Å². The van der Waals surface area contributed by atoms with Crippen molar-refractivity contribution in [1.29, 1.82) is 0 Å². The molecular formula is C21H17ClN4O4S. The first kappa shape index (κ1) is 20.8. The number of nitrogens with one attached hydrogen (secondary N) is 1. The Labute approximate surface area is 186 Å². The summed E-state index contributed by atoms with van der Waals surface area (Å²) in [6.45, 7) is 0.452. The van der Waals surface area contributed by atoms with E-state index in [4.69, 9.17) is 16.0 Å². The SMILES string of the molecule is O=c1cc(CSc2nnc(-c3cccc(Cl)c3)n2NCc2ccc(O)cc2)occ1O. The second-order valence-electron chi connectivity index (χ2n) is 6.54. The molecule has 4 rings (SSSR count). The number of aromatic nitrogens is 3. The number of hydrogen-bond acceptors (Lipinski definition) is 8. The van der Waals surface area contributed by atoms with Gasteiger partial charge in [-0.3, -0.25) is 4.79 Å². The molecule has 0 fully saturated rings. The quantitative estimate of drug-likeness (QED) is 0.357. The molecule has 158 valence electrons. The lowest BCUT2D eigenvalue weighted by atomic mass is 10.2. The van der Waals surface area contributed by atoms with Crippen LogP contribution in [0.15, 0.2) is 75.2 Å². The number of thioether (sulfide) groups is 1. The maximum absolute atomic E-state index is 11.6. The van der Waals surface area contributed by atoms with Gasteiger partial charge < -0.3 is 20.1 Å². The minimum Gasteiger partial charge on any atom is -0.508 e. The third-order valence-corrected chi connectivity index (χ3v) is 5.49. The second kappa shape index (κ2) is 9.15. The molecule has 0 radical (unpaired) electrons. The molecule has 0 aliphatic rings. The van der Waals surface area contributed by atoms with Crippen molar-refractivity contribution in [3.05, 3.63) is 87.4 Å². The molecule has 3 N–H and O–H groups in total. The van der Waals surface area contributed by atoms with Gasteiger partial charge in [0.2, 0.25) is 10.6 Å². The zero-order valence-corrected chi connectivity index (χ0v) is 17.6. The number of phenolic OH excluding ortho intramolecular Hbond substituents is 1. The summed E-state index contributed by atoms with van der Waals surface area (Å²) in [5, 5.41) is 28.5. The van der Waals surface area contributed by atoms with Gasteiger partial charge in [0.15, 0.2) is 11.6 Å². The van der Waals surface area contributed by atoms with Gasteiger partial charge in [0.25, 0.3) is 0 Å². The van der Waals surface area contributed by atoms with Crippen molar-refractivity contribution in [2.24, 2.45) is 0 Å². The Morgan fingerprint density at radius 1 is 1.10 bits per heavy atom. The molecule has 10 heteroatoms. The van der Waals surface area contributed by atoms with Crippen LogP contribution in [0.5, 0.6) is 11.5 Å². The zero-order chi connectivity index (χ0) is 21.8. The predicted molar refractivity (Wildman–Crippen MR) is 118 cm³/mol. The summed E-state index contributed by atoms with van der Waals surface area (Å²) in [5.74, 6) is 1.03. The van der Waals surface area contributed by atoms with Crippen molar-refractivity contribution in [2.45, 2.75) is 17.5 Å². The monoisotopic (exact) mass is 456 g/mol. The van der Waals surface area contributed by atoms with E-state index < -0.39 is 11.2 Å². The first-order chi connectivity index (χ1) is 15.0. The third-order valence-electron chi connectivity index (χ3n) is 4.30. The zero-order valence-electron chi connectivity index (χ0n) is 16.0. The summed E-state index contributed by atoms with van der Waals surface area (Å²) in [6.07, 6.45) is 1.02. The molecule has 0 saturated carbocycles. The number of rotatable bonds is 7. The molecule has 8 nitrogen and oxygen atoms in total. The normalized spacial score (nSPS) is 10.9.